The van der Waals surface area contributed by atoms with Crippen LogP contribution in [0.1, 0.15) is 30.1 Å². The highest BCUT2D eigenvalue weighted by atomic mass is 19.1. The minimum atomic E-state index is -1.04. The number of aliphatic hydroxyl groups excluding tert-OH is 1. The van der Waals surface area contributed by atoms with Gasteiger partial charge in [0, 0.05) is 24.7 Å². The molecule has 2 heterocycles. The molecule has 0 amide bonds. The molecule has 144 valence electrons. The second-order valence-corrected chi connectivity index (χ2v) is 7.24. The highest BCUT2D eigenvalue weighted by Crippen LogP contribution is 2.40. The monoisotopic (exact) mass is 377 g/mol. The van der Waals surface area contributed by atoms with Gasteiger partial charge in [0.05, 0.1) is 11.6 Å². The van der Waals surface area contributed by atoms with Crippen molar-refractivity contribution in [3.63, 3.8) is 0 Å². The summed E-state index contributed by atoms with van der Waals surface area (Å²) in [5.74, 6) is -1.39. The Morgan fingerprint density at radius 1 is 1.07 bits per heavy atom. The quantitative estimate of drug-likeness (QED) is 0.750. The average Bonchev–Trinajstić information content (AvgIpc) is 2.65. The molecule has 3 N–H and O–H groups in total. The maximum atomic E-state index is 13.7. The normalized spacial score (nSPS) is 24.9. The molecular formula is C20H21F2NO4. The second kappa shape index (κ2) is 6.74. The van der Waals surface area contributed by atoms with Crippen molar-refractivity contribution < 1.29 is 28.8 Å². The van der Waals surface area contributed by atoms with Crippen LogP contribution in [0.25, 0.3) is 0 Å². The number of ether oxygens (including phenoxy) is 1. The minimum absolute atomic E-state index is 0.203. The lowest BCUT2D eigenvalue weighted by Crippen LogP contribution is -2.52. The van der Waals surface area contributed by atoms with E-state index in [1.165, 1.54) is 18.2 Å². The molecule has 0 aliphatic carbocycles. The molecule has 7 heteroatoms. The van der Waals surface area contributed by atoms with Gasteiger partial charge in [-0.2, -0.15) is 0 Å². The van der Waals surface area contributed by atoms with Crippen LogP contribution < -0.4 is 4.74 Å². The van der Waals surface area contributed by atoms with Gasteiger partial charge in [-0.15, -0.1) is 0 Å². The SMILES string of the molecule is Oc1cc2c(cc1F)[C@H](O)C(N1CCC(O)(c3ccc(F)cc3)CC1)CO2. The number of rotatable bonds is 2. The van der Waals surface area contributed by atoms with Gasteiger partial charge in [-0.05, 0) is 36.6 Å². The van der Waals surface area contributed by atoms with Gasteiger partial charge in [0.15, 0.2) is 11.6 Å². The molecule has 2 atom stereocenters. The van der Waals surface area contributed by atoms with Crippen molar-refractivity contribution in [2.75, 3.05) is 19.7 Å². The Bertz CT molecular complexity index is 835. The molecule has 1 unspecified atom stereocenters. The standard InChI is InChI=1S/C20H21F2NO4/c21-13-3-1-12(2-4-13)20(26)5-7-23(8-6-20)16-11-27-18-10-17(24)15(22)9-14(18)19(16)25/h1-4,9-10,16,19,24-26H,5-8,11H2/t16?,19-/m0/s1. The van der Waals surface area contributed by atoms with Gasteiger partial charge in [0.2, 0.25) is 0 Å². The van der Waals surface area contributed by atoms with Crippen LogP contribution in [0.4, 0.5) is 8.78 Å². The third kappa shape index (κ3) is 3.26. The zero-order valence-electron chi connectivity index (χ0n) is 14.6. The predicted molar refractivity (Wildman–Crippen MR) is 93.4 cm³/mol. The van der Waals surface area contributed by atoms with Crippen LogP contribution in [0.3, 0.4) is 0 Å². The van der Waals surface area contributed by atoms with Crippen molar-refractivity contribution in [2.24, 2.45) is 0 Å². The molecular weight excluding hydrogens is 356 g/mol. The fourth-order valence-electron chi connectivity index (χ4n) is 3.97. The van der Waals surface area contributed by atoms with Crippen LogP contribution in [-0.4, -0.2) is 46.0 Å². The molecule has 0 radical (unpaired) electrons. The first-order valence-electron chi connectivity index (χ1n) is 8.93. The number of aliphatic hydroxyl groups is 2. The smallest absolute Gasteiger partial charge is 0.165 e. The molecule has 2 aliphatic heterocycles. The molecule has 0 saturated carbocycles. The van der Waals surface area contributed by atoms with Crippen LogP contribution in [-0.2, 0) is 5.60 Å². The largest absolute Gasteiger partial charge is 0.505 e. The van der Waals surface area contributed by atoms with E-state index in [0.29, 0.717) is 37.1 Å². The van der Waals surface area contributed by atoms with Gasteiger partial charge < -0.3 is 20.1 Å². The van der Waals surface area contributed by atoms with E-state index in [4.69, 9.17) is 4.74 Å². The Hall–Kier alpha value is -2.22. The van der Waals surface area contributed by atoms with Gasteiger partial charge in [-0.25, -0.2) is 8.78 Å². The van der Waals surface area contributed by atoms with E-state index >= 15 is 0 Å². The first-order chi connectivity index (χ1) is 12.9. The molecule has 2 aromatic carbocycles. The number of piperidine rings is 1. The van der Waals surface area contributed by atoms with Gasteiger partial charge in [-0.3, -0.25) is 4.90 Å². The van der Waals surface area contributed by atoms with Crippen molar-refractivity contribution in [2.45, 2.75) is 30.6 Å². The van der Waals surface area contributed by atoms with E-state index in [0.717, 1.165) is 6.07 Å². The zero-order chi connectivity index (χ0) is 19.2. The molecule has 1 fully saturated rings. The summed E-state index contributed by atoms with van der Waals surface area (Å²) < 4.78 is 32.4. The van der Waals surface area contributed by atoms with E-state index in [-0.39, 0.29) is 24.2 Å². The molecule has 0 spiro atoms. The molecule has 0 bridgehead atoms. The third-order valence-electron chi connectivity index (χ3n) is 5.65. The summed E-state index contributed by atoms with van der Waals surface area (Å²) in [5, 5.41) is 31.1. The summed E-state index contributed by atoms with van der Waals surface area (Å²) >= 11 is 0. The number of fused-ring (bicyclic) bond motifs is 1. The van der Waals surface area contributed by atoms with E-state index in [2.05, 4.69) is 0 Å². The summed E-state index contributed by atoms with van der Waals surface area (Å²) in [5.41, 5.74) is -0.0617. The van der Waals surface area contributed by atoms with Crippen LogP contribution >= 0.6 is 0 Å². The summed E-state index contributed by atoms with van der Waals surface area (Å²) in [6.07, 6.45) is -0.0991. The average molecular weight is 377 g/mol. The Balaban J connectivity index is 1.48. The molecule has 27 heavy (non-hydrogen) atoms. The van der Waals surface area contributed by atoms with E-state index in [9.17, 15) is 24.1 Å². The van der Waals surface area contributed by atoms with E-state index in [1.54, 1.807) is 12.1 Å². The number of aromatic hydroxyl groups is 1. The number of phenolic OH excluding ortho intramolecular Hbond substituents is 1. The van der Waals surface area contributed by atoms with Gasteiger partial charge in [0.25, 0.3) is 0 Å². The maximum Gasteiger partial charge on any atom is 0.165 e. The van der Waals surface area contributed by atoms with Crippen molar-refractivity contribution in [3.05, 3.63) is 59.2 Å². The van der Waals surface area contributed by atoms with Crippen LogP contribution in [0.15, 0.2) is 36.4 Å². The first-order valence-corrected chi connectivity index (χ1v) is 8.93. The van der Waals surface area contributed by atoms with E-state index < -0.39 is 23.3 Å². The van der Waals surface area contributed by atoms with Crippen LogP contribution in [0.5, 0.6) is 11.5 Å². The number of likely N-dealkylation sites (tertiary alicyclic amines) is 1. The van der Waals surface area contributed by atoms with Crippen molar-refractivity contribution in [1.82, 2.24) is 4.90 Å². The van der Waals surface area contributed by atoms with Crippen molar-refractivity contribution in [3.8, 4) is 11.5 Å². The molecule has 4 rings (SSSR count). The Kier molecular flexibility index (Phi) is 4.53. The van der Waals surface area contributed by atoms with Crippen molar-refractivity contribution >= 4 is 0 Å². The molecule has 2 aliphatic rings. The van der Waals surface area contributed by atoms with Gasteiger partial charge in [-0.1, -0.05) is 12.1 Å². The first kappa shape index (κ1) is 18.2. The fourth-order valence-corrected chi connectivity index (χ4v) is 3.97. The summed E-state index contributed by atoms with van der Waals surface area (Å²) in [7, 11) is 0. The van der Waals surface area contributed by atoms with Crippen LogP contribution in [0.2, 0.25) is 0 Å². The Morgan fingerprint density at radius 2 is 1.74 bits per heavy atom. The van der Waals surface area contributed by atoms with Gasteiger partial charge >= 0.3 is 0 Å². The second-order valence-electron chi connectivity index (χ2n) is 7.24. The summed E-state index contributed by atoms with van der Waals surface area (Å²) in [6.45, 7) is 1.22. The molecule has 5 nitrogen and oxygen atoms in total. The number of nitrogens with zero attached hydrogens (tertiary/aromatic N) is 1. The summed E-state index contributed by atoms with van der Waals surface area (Å²) in [6, 6.07) is 7.75. The molecule has 0 aromatic heterocycles. The Labute approximate surface area is 155 Å². The van der Waals surface area contributed by atoms with Gasteiger partial charge in [0.1, 0.15) is 24.3 Å². The number of halogens is 2. The fraction of sp³-hybridized carbons (Fsp3) is 0.400. The molecule has 1 saturated heterocycles. The number of hydrogen-bond donors (Lipinski definition) is 3. The highest BCUT2D eigenvalue weighted by molar-refractivity contribution is 5.44. The lowest BCUT2D eigenvalue weighted by Gasteiger charge is -2.44. The topological polar surface area (TPSA) is 73.2 Å². The highest BCUT2D eigenvalue weighted by Gasteiger charge is 2.40. The zero-order valence-corrected chi connectivity index (χ0v) is 14.6. The lowest BCUT2D eigenvalue weighted by atomic mass is 9.83. The summed E-state index contributed by atoms with van der Waals surface area (Å²) in [4.78, 5) is 2.01. The number of phenols is 1. The Morgan fingerprint density at radius 3 is 2.41 bits per heavy atom. The number of hydrogen-bond acceptors (Lipinski definition) is 5. The molecule has 2 aromatic rings. The van der Waals surface area contributed by atoms with Crippen molar-refractivity contribution in [1.29, 1.82) is 0 Å². The van der Waals surface area contributed by atoms with Crippen LogP contribution in [0, 0.1) is 11.6 Å². The maximum absolute atomic E-state index is 13.7. The minimum Gasteiger partial charge on any atom is -0.505 e. The van der Waals surface area contributed by atoms with E-state index in [1.807, 2.05) is 4.90 Å². The number of benzene rings is 2. The lowest BCUT2D eigenvalue weighted by molar-refractivity contribution is -0.0666. The predicted octanol–water partition coefficient (Wildman–Crippen LogP) is 2.45. The third-order valence-corrected chi connectivity index (χ3v) is 5.65.